The Kier molecular flexibility index (Phi) is 6.17. The van der Waals surface area contributed by atoms with Gasteiger partial charge in [-0.1, -0.05) is 31.0 Å². The highest BCUT2D eigenvalue weighted by Crippen LogP contribution is 2.32. The van der Waals surface area contributed by atoms with Gasteiger partial charge in [-0.05, 0) is 61.9 Å². The van der Waals surface area contributed by atoms with Crippen LogP contribution in [0.2, 0.25) is 0 Å². The minimum Gasteiger partial charge on any atom is -0.496 e. The number of methoxy groups -OCH3 is 1. The summed E-state index contributed by atoms with van der Waals surface area (Å²) < 4.78 is 5.52. The predicted octanol–water partition coefficient (Wildman–Crippen LogP) is 4.89. The van der Waals surface area contributed by atoms with Gasteiger partial charge in [0.2, 0.25) is 5.91 Å². The molecule has 1 saturated carbocycles. The first-order valence-electron chi connectivity index (χ1n) is 11.0. The van der Waals surface area contributed by atoms with Gasteiger partial charge in [-0.2, -0.15) is 0 Å². The second kappa shape index (κ2) is 8.98. The highest BCUT2D eigenvalue weighted by Gasteiger charge is 2.31. The Labute approximate surface area is 174 Å². The van der Waals surface area contributed by atoms with Gasteiger partial charge in [0.15, 0.2) is 0 Å². The Bertz CT molecular complexity index is 858. The SMILES string of the molecule is COc1ccccc1Cc1cc(C)nc([C@@H]2CCCN(C(=O)C3CCCC3)C2)c1. The van der Waals surface area contributed by atoms with Crippen LogP contribution in [0.3, 0.4) is 0 Å². The van der Waals surface area contributed by atoms with Gasteiger partial charge < -0.3 is 9.64 Å². The van der Waals surface area contributed by atoms with Crippen LogP contribution in [-0.2, 0) is 11.2 Å². The number of carbonyl (C=O) groups is 1. The second-order valence-electron chi connectivity index (χ2n) is 8.64. The minimum absolute atomic E-state index is 0.264. The molecule has 4 rings (SSSR count). The lowest BCUT2D eigenvalue weighted by Gasteiger charge is -2.34. The van der Waals surface area contributed by atoms with Crippen molar-refractivity contribution in [2.45, 2.75) is 57.8 Å². The number of rotatable bonds is 5. The van der Waals surface area contributed by atoms with Gasteiger partial charge in [-0.15, -0.1) is 0 Å². The van der Waals surface area contributed by atoms with E-state index < -0.39 is 0 Å². The normalized spacial score (nSPS) is 20.1. The lowest BCUT2D eigenvalue weighted by Crippen LogP contribution is -2.42. The molecule has 4 heteroatoms. The molecular formula is C25H32N2O2. The van der Waals surface area contributed by atoms with E-state index in [9.17, 15) is 4.79 Å². The van der Waals surface area contributed by atoms with Crippen LogP contribution < -0.4 is 4.74 Å². The van der Waals surface area contributed by atoms with Gasteiger partial charge in [0.25, 0.3) is 0 Å². The first-order valence-corrected chi connectivity index (χ1v) is 11.0. The molecule has 1 aromatic carbocycles. The summed E-state index contributed by atoms with van der Waals surface area (Å²) in [5.74, 6) is 1.91. The van der Waals surface area contributed by atoms with Crippen LogP contribution in [0.25, 0.3) is 0 Å². The number of para-hydroxylation sites is 1. The van der Waals surface area contributed by atoms with Crippen LogP contribution >= 0.6 is 0 Å². The minimum atomic E-state index is 0.264. The summed E-state index contributed by atoms with van der Waals surface area (Å²) in [6, 6.07) is 12.6. The zero-order chi connectivity index (χ0) is 20.2. The fourth-order valence-corrected chi connectivity index (χ4v) is 5.00. The summed E-state index contributed by atoms with van der Waals surface area (Å²) >= 11 is 0. The maximum absolute atomic E-state index is 12.9. The number of nitrogens with zero attached hydrogens (tertiary/aromatic N) is 2. The van der Waals surface area contributed by atoms with Crippen LogP contribution in [0.1, 0.15) is 67.0 Å². The molecular weight excluding hydrogens is 360 g/mol. The van der Waals surface area contributed by atoms with E-state index in [2.05, 4.69) is 36.1 Å². The average Bonchev–Trinajstić information content (AvgIpc) is 3.28. The lowest BCUT2D eigenvalue weighted by molar-refractivity contribution is -0.136. The van der Waals surface area contributed by atoms with Crippen LogP contribution in [0.5, 0.6) is 5.75 Å². The summed E-state index contributed by atoms with van der Waals surface area (Å²) in [7, 11) is 1.72. The molecule has 154 valence electrons. The third-order valence-electron chi connectivity index (χ3n) is 6.48. The van der Waals surface area contributed by atoms with E-state index in [4.69, 9.17) is 9.72 Å². The highest BCUT2D eigenvalue weighted by atomic mass is 16.5. The summed E-state index contributed by atoms with van der Waals surface area (Å²) in [6.45, 7) is 3.80. The van der Waals surface area contributed by atoms with Crippen molar-refractivity contribution in [3.8, 4) is 5.75 Å². The molecule has 1 amide bonds. The largest absolute Gasteiger partial charge is 0.496 e. The van der Waals surface area contributed by atoms with Crippen molar-refractivity contribution < 1.29 is 9.53 Å². The quantitative estimate of drug-likeness (QED) is 0.728. The van der Waals surface area contributed by atoms with E-state index in [1.54, 1.807) is 7.11 Å². The molecule has 0 bridgehead atoms. The molecule has 1 saturated heterocycles. The maximum atomic E-state index is 12.9. The third-order valence-corrected chi connectivity index (χ3v) is 6.48. The summed E-state index contributed by atoms with van der Waals surface area (Å²) in [5.41, 5.74) is 4.63. The zero-order valence-electron chi connectivity index (χ0n) is 17.7. The van der Waals surface area contributed by atoms with Crippen molar-refractivity contribution in [2.75, 3.05) is 20.2 Å². The van der Waals surface area contributed by atoms with Gasteiger partial charge in [0.05, 0.1) is 7.11 Å². The van der Waals surface area contributed by atoms with Crippen LogP contribution in [0, 0.1) is 12.8 Å². The number of aromatic nitrogens is 1. The molecule has 0 unspecified atom stereocenters. The molecule has 2 fully saturated rings. The number of hydrogen-bond acceptors (Lipinski definition) is 3. The maximum Gasteiger partial charge on any atom is 0.225 e. The monoisotopic (exact) mass is 392 g/mol. The molecule has 4 nitrogen and oxygen atoms in total. The number of amides is 1. The molecule has 0 spiro atoms. The van der Waals surface area contributed by atoms with E-state index in [1.807, 2.05) is 12.1 Å². The van der Waals surface area contributed by atoms with E-state index in [1.165, 1.54) is 24.0 Å². The standard InChI is InChI=1S/C25H32N2O2/c1-18-14-19(15-21-10-5-6-12-24(21)29-2)16-23(26-18)22-11-7-13-27(17-22)25(28)20-8-3-4-9-20/h5-6,10,12,14,16,20,22H,3-4,7-9,11,13,15,17H2,1-2H3/t22-/m1/s1. The average molecular weight is 393 g/mol. The molecule has 0 N–H and O–H groups in total. The smallest absolute Gasteiger partial charge is 0.225 e. The molecule has 1 aliphatic carbocycles. The van der Waals surface area contributed by atoms with E-state index in [0.717, 1.165) is 62.3 Å². The topological polar surface area (TPSA) is 42.4 Å². The van der Waals surface area contributed by atoms with Crippen molar-refractivity contribution >= 4 is 5.91 Å². The third kappa shape index (κ3) is 4.63. The lowest BCUT2D eigenvalue weighted by atomic mass is 9.91. The van der Waals surface area contributed by atoms with Crippen LogP contribution in [0.15, 0.2) is 36.4 Å². The number of piperidine rings is 1. The zero-order valence-corrected chi connectivity index (χ0v) is 17.7. The molecule has 1 aromatic heterocycles. The Morgan fingerprint density at radius 3 is 2.72 bits per heavy atom. The number of ether oxygens (including phenoxy) is 1. The van der Waals surface area contributed by atoms with Crippen LogP contribution in [0.4, 0.5) is 0 Å². The molecule has 0 radical (unpaired) electrons. The number of aryl methyl sites for hydroxylation is 1. The second-order valence-corrected chi connectivity index (χ2v) is 8.64. The van der Waals surface area contributed by atoms with Gasteiger partial charge in [0.1, 0.15) is 5.75 Å². The molecule has 2 aromatic rings. The van der Waals surface area contributed by atoms with Crippen molar-refractivity contribution in [3.05, 3.63) is 58.9 Å². The van der Waals surface area contributed by atoms with E-state index >= 15 is 0 Å². The van der Waals surface area contributed by atoms with Gasteiger partial charge >= 0.3 is 0 Å². The Hall–Kier alpha value is -2.36. The number of likely N-dealkylation sites (tertiary alicyclic amines) is 1. The highest BCUT2D eigenvalue weighted by molar-refractivity contribution is 5.79. The predicted molar refractivity (Wildman–Crippen MR) is 115 cm³/mol. The summed E-state index contributed by atoms with van der Waals surface area (Å²) in [4.78, 5) is 19.9. The van der Waals surface area contributed by atoms with Gasteiger partial charge in [-0.3, -0.25) is 9.78 Å². The number of pyridine rings is 1. The van der Waals surface area contributed by atoms with Crippen LogP contribution in [-0.4, -0.2) is 36.0 Å². The fraction of sp³-hybridized carbons (Fsp3) is 0.520. The van der Waals surface area contributed by atoms with Crippen molar-refractivity contribution in [2.24, 2.45) is 5.92 Å². The van der Waals surface area contributed by atoms with Gasteiger partial charge in [-0.25, -0.2) is 0 Å². The number of carbonyl (C=O) groups excluding carboxylic acids is 1. The van der Waals surface area contributed by atoms with Crippen molar-refractivity contribution in [3.63, 3.8) is 0 Å². The first kappa shape index (κ1) is 19.9. The Morgan fingerprint density at radius 1 is 1.14 bits per heavy atom. The first-order chi connectivity index (χ1) is 14.1. The van der Waals surface area contributed by atoms with E-state index in [0.29, 0.717) is 11.8 Å². The molecule has 1 atom stereocenters. The molecule has 1 aliphatic heterocycles. The fourth-order valence-electron chi connectivity index (χ4n) is 5.00. The van der Waals surface area contributed by atoms with Gasteiger partial charge in [0, 0.05) is 42.7 Å². The number of hydrogen-bond donors (Lipinski definition) is 0. The van der Waals surface area contributed by atoms with Crippen molar-refractivity contribution in [1.29, 1.82) is 0 Å². The Morgan fingerprint density at radius 2 is 1.93 bits per heavy atom. The van der Waals surface area contributed by atoms with E-state index in [-0.39, 0.29) is 5.92 Å². The molecule has 29 heavy (non-hydrogen) atoms. The molecule has 2 heterocycles. The number of benzene rings is 1. The van der Waals surface area contributed by atoms with Crippen molar-refractivity contribution in [1.82, 2.24) is 9.88 Å². The molecule has 2 aliphatic rings. The summed E-state index contributed by atoms with van der Waals surface area (Å²) in [5, 5.41) is 0. The summed E-state index contributed by atoms with van der Waals surface area (Å²) in [6.07, 6.45) is 7.58. The Balaban J connectivity index is 1.51.